The number of allylic oxidation sites excluding steroid dienone is 3. The van der Waals surface area contributed by atoms with E-state index in [1.165, 1.54) is 12.8 Å². The van der Waals surface area contributed by atoms with Gasteiger partial charge in [0.05, 0.1) is 0 Å². The minimum atomic E-state index is 0.280. The zero-order chi connectivity index (χ0) is 14.7. The van der Waals surface area contributed by atoms with Gasteiger partial charge in [0.2, 0.25) is 0 Å². The van der Waals surface area contributed by atoms with E-state index >= 15 is 0 Å². The van der Waals surface area contributed by atoms with E-state index in [1.807, 2.05) is 12.2 Å². The second kappa shape index (κ2) is 6.67. The number of rotatable bonds is 3. The molecule has 3 nitrogen and oxygen atoms in total. The Morgan fingerprint density at radius 3 is 2.81 bits per heavy atom. The molecule has 0 saturated carbocycles. The molecular weight excluding hydrogens is 280 g/mol. The van der Waals surface area contributed by atoms with Crippen LogP contribution in [0, 0.1) is 5.92 Å². The van der Waals surface area contributed by atoms with Crippen molar-refractivity contribution < 1.29 is 5.11 Å². The minimum Gasteiger partial charge on any atom is -0.508 e. The molecule has 21 heavy (non-hydrogen) atoms. The zero-order valence-electron chi connectivity index (χ0n) is 12.4. The Morgan fingerprint density at radius 2 is 2.10 bits per heavy atom. The molecule has 2 aliphatic rings. The van der Waals surface area contributed by atoms with Gasteiger partial charge in [-0.05, 0) is 61.4 Å². The number of aliphatic hydroxyl groups is 1. The van der Waals surface area contributed by atoms with E-state index in [4.69, 9.17) is 4.98 Å². The highest BCUT2D eigenvalue weighted by Gasteiger charge is 2.18. The molecule has 112 valence electrons. The molecule has 0 bridgehead atoms. The van der Waals surface area contributed by atoms with Gasteiger partial charge in [0, 0.05) is 24.7 Å². The van der Waals surface area contributed by atoms with E-state index in [9.17, 15) is 5.11 Å². The lowest BCUT2D eigenvalue weighted by Crippen LogP contribution is -2.27. The van der Waals surface area contributed by atoms with Gasteiger partial charge < -0.3 is 5.11 Å². The van der Waals surface area contributed by atoms with E-state index in [-0.39, 0.29) is 5.92 Å². The van der Waals surface area contributed by atoms with Gasteiger partial charge in [-0.2, -0.15) is 0 Å². The predicted molar refractivity (Wildman–Crippen MR) is 87.3 cm³/mol. The Bertz CT molecular complexity index is 547. The number of pyridine rings is 1. The molecule has 2 heterocycles. The summed E-state index contributed by atoms with van der Waals surface area (Å²) < 4.78 is 2.43. The van der Waals surface area contributed by atoms with Crippen LogP contribution in [0.2, 0.25) is 0 Å². The van der Waals surface area contributed by atoms with E-state index in [1.54, 1.807) is 18.0 Å². The van der Waals surface area contributed by atoms with Crippen molar-refractivity contribution in [2.45, 2.75) is 37.1 Å². The number of aromatic nitrogens is 1. The Balaban J connectivity index is 1.65. The van der Waals surface area contributed by atoms with Crippen molar-refractivity contribution in [3.8, 4) is 0 Å². The lowest BCUT2D eigenvalue weighted by molar-refractivity contribution is 0.308. The predicted octanol–water partition coefficient (Wildman–Crippen LogP) is 4.31. The van der Waals surface area contributed by atoms with Gasteiger partial charge in [0.15, 0.2) is 0 Å². The maximum atomic E-state index is 9.41. The highest BCUT2D eigenvalue weighted by atomic mass is 32.2. The summed E-state index contributed by atoms with van der Waals surface area (Å²) in [4.78, 5) is 4.79. The van der Waals surface area contributed by atoms with E-state index < -0.39 is 0 Å². The van der Waals surface area contributed by atoms with Gasteiger partial charge in [0.25, 0.3) is 0 Å². The molecule has 0 amide bonds. The standard InChI is InChI=1S/C17H22N2OS/c1-13-9-11-19(12-10-13)21-17-4-2-3-16(18-17)14-5-7-15(20)8-6-14/h2-5,7-8,13-14,20H,6,9-12H2,1H3. The molecule has 1 aromatic rings. The number of hydrogen-bond acceptors (Lipinski definition) is 4. The fraction of sp³-hybridized carbons (Fsp3) is 0.471. The van der Waals surface area contributed by atoms with Crippen LogP contribution in [-0.2, 0) is 0 Å². The van der Waals surface area contributed by atoms with Crippen LogP contribution in [0.5, 0.6) is 0 Å². The Morgan fingerprint density at radius 1 is 1.29 bits per heavy atom. The average molecular weight is 302 g/mol. The maximum Gasteiger partial charge on any atom is 0.111 e. The van der Waals surface area contributed by atoms with Crippen molar-refractivity contribution in [3.63, 3.8) is 0 Å². The lowest BCUT2D eigenvalue weighted by atomic mass is 9.96. The molecule has 1 atom stereocenters. The second-order valence-corrected chi connectivity index (χ2v) is 7.05. The molecule has 3 rings (SSSR count). The summed E-state index contributed by atoms with van der Waals surface area (Å²) in [5.74, 6) is 1.50. The molecule has 1 aliphatic heterocycles. The second-order valence-electron chi connectivity index (χ2n) is 5.93. The molecule has 1 aliphatic carbocycles. The number of nitrogens with zero attached hydrogens (tertiary/aromatic N) is 2. The molecule has 1 N–H and O–H groups in total. The van der Waals surface area contributed by atoms with Crippen LogP contribution in [0.3, 0.4) is 0 Å². The van der Waals surface area contributed by atoms with Crippen LogP contribution in [-0.4, -0.2) is 27.5 Å². The van der Waals surface area contributed by atoms with Gasteiger partial charge in [-0.25, -0.2) is 9.29 Å². The fourth-order valence-electron chi connectivity index (χ4n) is 2.72. The summed E-state index contributed by atoms with van der Waals surface area (Å²) in [6.07, 6.45) is 9.05. The number of aliphatic hydroxyl groups excluding tert-OH is 1. The quantitative estimate of drug-likeness (QED) is 0.844. The Hall–Kier alpha value is -1.26. The monoisotopic (exact) mass is 302 g/mol. The highest BCUT2D eigenvalue weighted by molar-refractivity contribution is 7.97. The van der Waals surface area contributed by atoms with Crippen molar-refractivity contribution in [1.82, 2.24) is 9.29 Å². The van der Waals surface area contributed by atoms with Gasteiger partial charge >= 0.3 is 0 Å². The Labute approximate surface area is 130 Å². The topological polar surface area (TPSA) is 36.4 Å². The van der Waals surface area contributed by atoms with Gasteiger partial charge in [-0.1, -0.05) is 19.1 Å². The lowest BCUT2D eigenvalue weighted by Gasteiger charge is -2.28. The summed E-state index contributed by atoms with van der Waals surface area (Å²) in [6.45, 7) is 4.63. The summed E-state index contributed by atoms with van der Waals surface area (Å²) in [6, 6.07) is 6.25. The van der Waals surface area contributed by atoms with Gasteiger partial charge in [-0.15, -0.1) is 0 Å². The third-order valence-electron chi connectivity index (χ3n) is 4.17. The molecule has 1 unspecified atom stereocenters. The zero-order valence-corrected chi connectivity index (χ0v) is 13.2. The first kappa shape index (κ1) is 14.7. The normalized spacial score (nSPS) is 24.0. The molecule has 4 heteroatoms. The minimum absolute atomic E-state index is 0.280. The van der Waals surface area contributed by atoms with Crippen molar-refractivity contribution in [3.05, 3.63) is 47.9 Å². The van der Waals surface area contributed by atoms with Crippen molar-refractivity contribution in [2.75, 3.05) is 13.1 Å². The first-order valence-electron chi connectivity index (χ1n) is 7.68. The van der Waals surface area contributed by atoms with E-state index in [2.05, 4.69) is 29.4 Å². The Kier molecular flexibility index (Phi) is 4.66. The number of hydrogen-bond donors (Lipinski definition) is 1. The molecule has 1 saturated heterocycles. The molecule has 0 aromatic carbocycles. The summed E-state index contributed by atoms with van der Waals surface area (Å²) >= 11 is 1.78. The van der Waals surface area contributed by atoms with Crippen molar-refractivity contribution in [2.24, 2.45) is 5.92 Å². The largest absolute Gasteiger partial charge is 0.508 e. The molecule has 0 spiro atoms. The molecule has 0 radical (unpaired) electrons. The maximum absolute atomic E-state index is 9.41. The van der Waals surface area contributed by atoms with Gasteiger partial charge in [0.1, 0.15) is 10.8 Å². The van der Waals surface area contributed by atoms with Crippen LogP contribution in [0.25, 0.3) is 0 Å². The van der Waals surface area contributed by atoms with Crippen LogP contribution in [0.15, 0.2) is 47.2 Å². The first-order valence-corrected chi connectivity index (χ1v) is 8.45. The summed E-state index contributed by atoms with van der Waals surface area (Å²) in [7, 11) is 0. The van der Waals surface area contributed by atoms with Crippen LogP contribution in [0.4, 0.5) is 0 Å². The summed E-state index contributed by atoms with van der Waals surface area (Å²) in [5, 5.41) is 10.5. The highest BCUT2D eigenvalue weighted by Crippen LogP contribution is 2.30. The molecular formula is C17H22N2OS. The SMILES string of the molecule is CC1CCN(Sc2cccc(C3C=CC(O)=CC3)n2)CC1. The third-order valence-corrected chi connectivity index (χ3v) is 5.21. The third kappa shape index (κ3) is 3.89. The smallest absolute Gasteiger partial charge is 0.111 e. The van der Waals surface area contributed by atoms with E-state index in [0.717, 1.165) is 36.1 Å². The average Bonchev–Trinajstić information content (AvgIpc) is 2.51. The number of piperidine rings is 1. The van der Waals surface area contributed by atoms with Crippen LogP contribution in [0.1, 0.15) is 37.8 Å². The van der Waals surface area contributed by atoms with Crippen LogP contribution >= 0.6 is 11.9 Å². The fourth-order valence-corrected chi connectivity index (χ4v) is 3.67. The van der Waals surface area contributed by atoms with Gasteiger partial charge in [-0.3, -0.25) is 0 Å². The van der Waals surface area contributed by atoms with E-state index in [0.29, 0.717) is 5.76 Å². The summed E-state index contributed by atoms with van der Waals surface area (Å²) in [5.41, 5.74) is 1.09. The molecule has 1 aromatic heterocycles. The molecule has 1 fully saturated rings. The first-order chi connectivity index (χ1) is 10.2. The van der Waals surface area contributed by atoms with Crippen molar-refractivity contribution >= 4 is 11.9 Å². The van der Waals surface area contributed by atoms with Crippen LogP contribution < -0.4 is 0 Å². The van der Waals surface area contributed by atoms with Crippen molar-refractivity contribution in [1.29, 1.82) is 0 Å².